The summed E-state index contributed by atoms with van der Waals surface area (Å²) in [6, 6.07) is 17.5. The molecule has 29 heavy (non-hydrogen) atoms. The zero-order chi connectivity index (χ0) is 20.1. The minimum Gasteiger partial charge on any atom is -0.489 e. The maximum atomic E-state index is 6.13. The molecular weight excluding hydrogens is 354 g/mol. The lowest BCUT2D eigenvalue weighted by Gasteiger charge is -2.26. The van der Waals surface area contributed by atoms with Crippen LogP contribution in [0.3, 0.4) is 0 Å². The Labute approximate surface area is 175 Å². The van der Waals surface area contributed by atoms with Crippen molar-refractivity contribution in [3.63, 3.8) is 0 Å². The fraction of sp³-hybridized carbons (Fsp3) is 0.407. The highest BCUT2D eigenvalue weighted by Crippen LogP contribution is 2.31. The van der Waals surface area contributed by atoms with E-state index >= 15 is 0 Å². The van der Waals surface area contributed by atoms with Gasteiger partial charge in [0.05, 0.1) is 0 Å². The fourth-order valence-electron chi connectivity index (χ4n) is 4.47. The van der Waals surface area contributed by atoms with Gasteiger partial charge in [0.25, 0.3) is 0 Å². The molecule has 0 radical (unpaired) electrons. The largest absolute Gasteiger partial charge is 0.489 e. The summed E-state index contributed by atoms with van der Waals surface area (Å²) < 4.78 is 6.13. The molecule has 2 aliphatic rings. The number of aryl methyl sites for hydroxylation is 1. The molecule has 0 aromatic heterocycles. The second-order valence-electron chi connectivity index (χ2n) is 8.81. The van der Waals surface area contributed by atoms with Crippen LogP contribution in [0.2, 0.25) is 0 Å². The van der Waals surface area contributed by atoms with Crippen molar-refractivity contribution >= 4 is 0 Å². The van der Waals surface area contributed by atoms with Crippen molar-refractivity contribution in [1.29, 1.82) is 0 Å². The number of hydrogen-bond donors (Lipinski definition) is 0. The molecule has 0 fully saturated rings. The molecule has 0 amide bonds. The lowest BCUT2D eigenvalue weighted by atomic mass is 9.82. The first-order valence-electron chi connectivity index (χ1n) is 11.0. The van der Waals surface area contributed by atoms with E-state index in [0.717, 1.165) is 18.1 Å². The summed E-state index contributed by atoms with van der Waals surface area (Å²) in [5, 5.41) is 0. The van der Waals surface area contributed by atoms with Crippen LogP contribution in [0.5, 0.6) is 5.75 Å². The van der Waals surface area contributed by atoms with E-state index in [2.05, 4.69) is 85.8 Å². The SMILES string of the molecule is CN(C)CC[C@@H]1CCc2cc(OCC3=CCC(c4ccccc4)C=C3)ccc2C1. The van der Waals surface area contributed by atoms with Gasteiger partial charge in [-0.3, -0.25) is 0 Å². The van der Waals surface area contributed by atoms with E-state index in [1.54, 1.807) is 0 Å². The third-order valence-corrected chi connectivity index (χ3v) is 6.30. The van der Waals surface area contributed by atoms with E-state index in [0.29, 0.717) is 12.5 Å². The van der Waals surface area contributed by atoms with E-state index in [1.807, 2.05) is 0 Å². The van der Waals surface area contributed by atoms with Gasteiger partial charge in [-0.1, -0.05) is 54.6 Å². The molecule has 2 aromatic rings. The van der Waals surface area contributed by atoms with E-state index in [4.69, 9.17) is 4.74 Å². The predicted molar refractivity (Wildman–Crippen MR) is 122 cm³/mol. The smallest absolute Gasteiger partial charge is 0.120 e. The van der Waals surface area contributed by atoms with E-state index < -0.39 is 0 Å². The zero-order valence-corrected chi connectivity index (χ0v) is 17.8. The Balaban J connectivity index is 1.29. The summed E-state index contributed by atoms with van der Waals surface area (Å²) in [7, 11) is 4.33. The number of fused-ring (bicyclic) bond motifs is 1. The van der Waals surface area contributed by atoms with Gasteiger partial charge in [0.2, 0.25) is 0 Å². The fourth-order valence-corrected chi connectivity index (χ4v) is 4.47. The van der Waals surface area contributed by atoms with E-state index in [-0.39, 0.29) is 0 Å². The van der Waals surface area contributed by atoms with Gasteiger partial charge in [0.1, 0.15) is 12.4 Å². The third-order valence-electron chi connectivity index (χ3n) is 6.30. The number of hydrogen-bond acceptors (Lipinski definition) is 2. The molecule has 2 aromatic carbocycles. The molecule has 2 atom stereocenters. The maximum absolute atomic E-state index is 6.13. The molecule has 4 rings (SSSR count). The normalized spacial score (nSPS) is 21.0. The van der Waals surface area contributed by atoms with Crippen molar-refractivity contribution < 1.29 is 4.74 Å². The van der Waals surface area contributed by atoms with Gasteiger partial charge in [0.15, 0.2) is 0 Å². The Morgan fingerprint density at radius 3 is 2.66 bits per heavy atom. The molecule has 0 bridgehead atoms. The molecule has 0 saturated heterocycles. The molecule has 1 unspecified atom stereocenters. The molecule has 0 N–H and O–H groups in total. The van der Waals surface area contributed by atoms with Gasteiger partial charge in [0, 0.05) is 5.92 Å². The molecule has 2 heteroatoms. The van der Waals surface area contributed by atoms with Gasteiger partial charge >= 0.3 is 0 Å². The number of rotatable bonds is 7. The monoisotopic (exact) mass is 387 g/mol. The van der Waals surface area contributed by atoms with Gasteiger partial charge in [-0.15, -0.1) is 0 Å². The van der Waals surface area contributed by atoms with Gasteiger partial charge in [-0.2, -0.15) is 0 Å². The molecule has 0 spiro atoms. The predicted octanol–water partition coefficient (Wildman–Crippen LogP) is 5.79. The van der Waals surface area contributed by atoms with Crippen LogP contribution in [0.4, 0.5) is 0 Å². The molecule has 2 aliphatic carbocycles. The number of nitrogens with zero attached hydrogens (tertiary/aromatic N) is 1. The van der Waals surface area contributed by atoms with Crippen molar-refractivity contribution in [2.24, 2.45) is 5.92 Å². The topological polar surface area (TPSA) is 12.5 Å². The van der Waals surface area contributed by atoms with Crippen LogP contribution in [-0.4, -0.2) is 32.1 Å². The number of benzene rings is 2. The van der Waals surface area contributed by atoms with Crippen LogP contribution >= 0.6 is 0 Å². The summed E-state index contributed by atoms with van der Waals surface area (Å²) in [5.74, 6) is 2.32. The Hall–Kier alpha value is -2.32. The second-order valence-corrected chi connectivity index (χ2v) is 8.81. The lowest BCUT2D eigenvalue weighted by Crippen LogP contribution is -2.21. The summed E-state index contributed by atoms with van der Waals surface area (Å²) in [6.45, 7) is 1.84. The van der Waals surface area contributed by atoms with E-state index in [1.165, 1.54) is 54.5 Å². The summed E-state index contributed by atoms with van der Waals surface area (Å²) in [6.07, 6.45) is 12.9. The van der Waals surface area contributed by atoms with Crippen LogP contribution in [0.25, 0.3) is 0 Å². The number of allylic oxidation sites excluding steroid dienone is 2. The maximum Gasteiger partial charge on any atom is 0.120 e. The highest BCUT2D eigenvalue weighted by atomic mass is 16.5. The van der Waals surface area contributed by atoms with Crippen LogP contribution in [0.1, 0.15) is 41.9 Å². The first-order chi connectivity index (χ1) is 14.2. The van der Waals surface area contributed by atoms with Crippen LogP contribution in [-0.2, 0) is 12.8 Å². The van der Waals surface area contributed by atoms with Gasteiger partial charge in [-0.05, 0) is 93.1 Å². The van der Waals surface area contributed by atoms with Gasteiger partial charge < -0.3 is 9.64 Å². The highest BCUT2D eigenvalue weighted by Gasteiger charge is 2.19. The van der Waals surface area contributed by atoms with Crippen LogP contribution in [0, 0.1) is 5.92 Å². The molecule has 152 valence electrons. The summed E-state index contributed by atoms with van der Waals surface area (Å²) in [5.41, 5.74) is 5.67. The molecular formula is C27H33NO. The standard InChI is InChI=1S/C27H33NO/c1-28(2)17-16-21-8-13-26-19-27(15-14-25(26)18-21)29-20-22-9-11-24(12-10-22)23-6-4-3-5-7-23/h3-7,9-11,14-15,19,21,24H,8,12-13,16-18,20H2,1-2H3/t21-,24?/m0/s1. The lowest BCUT2D eigenvalue weighted by molar-refractivity contribution is 0.329. The van der Waals surface area contributed by atoms with Crippen molar-refractivity contribution in [1.82, 2.24) is 4.90 Å². The summed E-state index contributed by atoms with van der Waals surface area (Å²) >= 11 is 0. The first-order valence-corrected chi connectivity index (χ1v) is 11.0. The summed E-state index contributed by atoms with van der Waals surface area (Å²) in [4.78, 5) is 2.29. The zero-order valence-electron chi connectivity index (χ0n) is 17.8. The molecule has 0 saturated carbocycles. The minimum atomic E-state index is 0.490. The number of ether oxygens (including phenoxy) is 1. The quantitative estimate of drug-likeness (QED) is 0.596. The van der Waals surface area contributed by atoms with Crippen molar-refractivity contribution in [2.45, 2.75) is 38.0 Å². The van der Waals surface area contributed by atoms with E-state index in [9.17, 15) is 0 Å². The Morgan fingerprint density at radius 1 is 1.03 bits per heavy atom. The molecule has 0 heterocycles. The van der Waals surface area contributed by atoms with Crippen molar-refractivity contribution in [3.05, 3.63) is 89.0 Å². The van der Waals surface area contributed by atoms with Gasteiger partial charge in [-0.25, -0.2) is 0 Å². The molecule has 2 nitrogen and oxygen atoms in total. The average Bonchev–Trinajstić information content (AvgIpc) is 2.77. The van der Waals surface area contributed by atoms with Crippen LogP contribution < -0.4 is 4.74 Å². The minimum absolute atomic E-state index is 0.490. The Bertz CT molecular complexity index is 865. The van der Waals surface area contributed by atoms with Crippen LogP contribution in [0.15, 0.2) is 72.3 Å². The average molecular weight is 388 g/mol. The highest BCUT2D eigenvalue weighted by molar-refractivity contribution is 5.38. The third kappa shape index (κ3) is 5.39. The van der Waals surface area contributed by atoms with Crippen molar-refractivity contribution in [2.75, 3.05) is 27.2 Å². The first kappa shape index (κ1) is 20.0. The molecule has 0 aliphatic heterocycles. The van der Waals surface area contributed by atoms with Crippen molar-refractivity contribution in [3.8, 4) is 5.75 Å². The second kappa shape index (κ2) is 9.45. The Morgan fingerprint density at radius 2 is 1.90 bits per heavy atom. The Kier molecular flexibility index (Phi) is 6.51.